The third-order valence-corrected chi connectivity index (χ3v) is 3.96. The predicted octanol–water partition coefficient (Wildman–Crippen LogP) is 0.968. The second-order valence-corrected chi connectivity index (χ2v) is 5.89. The van der Waals surface area contributed by atoms with Crippen LogP contribution in [-0.4, -0.2) is 50.7 Å². The van der Waals surface area contributed by atoms with Crippen LogP contribution in [0.5, 0.6) is 0 Å². The predicted molar refractivity (Wildman–Crippen MR) is 86.8 cm³/mol. The molecule has 1 saturated heterocycles. The van der Waals surface area contributed by atoms with Gasteiger partial charge < -0.3 is 14.6 Å². The number of hydrogen-bond donors (Lipinski definition) is 2. The Balaban J connectivity index is 1.74. The summed E-state index contributed by atoms with van der Waals surface area (Å²) in [7, 11) is 0. The van der Waals surface area contributed by atoms with E-state index in [0.29, 0.717) is 25.5 Å². The van der Waals surface area contributed by atoms with Crippen molar-refractivity contribution < 1.29 is 9.53 Å². The number of aromatic amines is 2. The molecular weight excluding hydrogens is 310 g/mol. The van der Waals surface area contributed by atoms with E-state index in [1.165, 1.54) is 0 Å². The zero-order chi connectivity index (χ0) is 17.1. The molecule has 8 nitrogen and oxygen atoms in total. The minimum Gasteiger partial charge on any atom is -0.366 e. The molecule has 0 aromatic carbocycles. The third-order valence-electron chi connectivity index (χ3n) is 3.96. The maximum atomic E-state index is 12.6. The van der Waals surface area contributed by atoms with Gasteiger partial charge in [0.05, 0.1) is 13.2 Å². The van der Waals surface area contributed by atoms with E-state index in [1.807, 2.05) is 0 Å². The van der Waals surface area contributed by atoms with Crippen LogP contribution in [-0.2, 0) is 11.2 Å². The second kappa shape index (κ2) is 6.96. The van der Waals surface area contributed by atoms with Gasteiger partial charge in [0.25, 0.3) is 11.5 Å². The number of H-pyrrole nitrogens is 2. The van der Waals surface area contributed by atoms with E-state index < -0.39 is 0 Å². The van der Waals surface area contributed by atoms with Crippen molar-refractivity contribution >= 4 is 5.91 Å². The molecule has 2 N–H and O–H groups in total. The van der Waals surface area contributed by atoms with Crippen LogP contribution in [0.4, 0.5) is 0 Å². The van der Waals surface area contributed by atoms with E-state index in [4.69, 9.17) is 4.74 Å². The molecule has 0 unspecified atom stereocenters. The summed E-state index contributed by atoms with van der Waals surface area (Å²) in [5, 5.41) is 7.08. The van der Waals surface area contributed by atoms with Gasteiger partial charge in [-0.25, -0.2) is 4.98 Å². The van der Waals surface area contributed by atoms with E-state index in [9.17, 15) is 9.59 Å². The highest BCUT2D eigenvalue weighted by Crippen LogP contribution is 2.20. The number of morpholine rings is 1. The molecule has 3 heterocycles. The lowest BCUT2D eigenvalue weighted by Crippen LogP contribution is -2.44. The molecule has 0 aliphatic carbocycles. The molecule has 1 amide bonds. The molecule has 2 aromatic rings. The summed E-state index contributed by atoms with van der Waals surface area (Å²) in [6.45, 7) is 5.00. The Bertz CT molecular complexity index is 782. The first-order valence-corrected chi connectivity index (χ1v) is 8.10. The first kappa shape index (κ1) is 16.4. The van der Waals surface area contributed by atoms with Crippen LogP contribution in [0.2, 0.25) is 0 Å². The summed E-state index contributed by atoms with van der Waals surface area (Å²) in [5.41, 5.74) is 0.495. The van der Waals surface area contributed by atoms with Gasteiger partial charge in [-0.15, -0.1) is 0 Å². The Kier molecular flexibility index (Phi) is 4.75. The molecule has 128 valence electrons. The smallest absolute Gasteiger partial charge is 0.260 e. The van der Waals surface area contributed by atoms with Crippen LogP contribution in [0, 0.1) is 6.92 Å². The van der Waals surface area contributed by atoms with Crippen LogP contribution < -0.4 is 5.56 Å². The minimum atomic E-state index is -0.380. The number of ether oxygens (including phenoxy) is 1. The Labute approximate surface area is 139 Å². The van der Waals surface area contributed by atoms with E-state index in [2.05, 4.69) is 27.1 Å². The van der Waals surface area contributed by atoms with Crippen molar-refractivity contribution in [1.82, 2.24) is 25.1 Å². The van der Waals surface area contributed by atoms with Crippen LogP contribution in [0.25, 0.3) is 0 Å². The number of amides is 1. The van der Waals surface area contributed by atoms with Crippen molar-refractivity contribution in [3.8, 4) is 0 Å². The summed E-state index contributed by atoms with van der Waals surface area (Å²) >= 11 is 0. The van der Waals surface area contributed by atoms with Crippen molar-refractivity contribution in [3.63, 3.8) is 0 Å². The average molecular weight is 331 g/mol. The molecule has 0 radical (unpaired) electrons. The van der Waals surface area contributed by atoms with Gasteiger partial charge in [-0.2, -0.15) is 5.10 Å². The highest BCUT2D eigenvalue weighted by Gasteiger charge is 2.29. The molecule has 1 aliphatic heterocycles. The number of aryl methyl sites for hydroxylation is 2. The summed E-state index contributed by atoms with van der Waals surface area (Å²) in [4.78, 5) is 33.3. The van der Waals surface area contributed by atoms with Crippen molar-refractivity contribution in [2.45, 2.75) is 32.8 Å². The van der Waals surface area contributed by atoms with Gasteiger partial charge in [-0.05, 0) is 25.5 Å². The largest absolute Gasteiger partial charge is 0.366 e. The van der Waals surface area contributed by atoms with Crippen molar-refractivity contribution in [3.05, 3.63) is 45.4 Å². The number of aromatic nitrogens is 4. The van der Waals surface area contributed by atoms with Crippen LogP contribution in [0.3, 0.4) is 0 Å². The summed E-state index contributed by atoms with van der Waals surface area (Å²) in [6, 6.07) is 3.28. The molecule has 1 fully saturated rings. The number of nitrogens with one attached hydrogen (secondary N) is 2. The quantitative estimate of drug-likeness (QED) is 0.868. The minimum absolute atomic E-state index is 0.142. The fraction of sp³-hybridized carbons (Fsp3) is 0.500. The number of carbonyl (C=O) groups excluding carboxylic acids is 1. The molecule has 1 aliphatic rings. The van der Waals surface area contributed by atoms with Gasteiger partial charge in [0.1, 0.15) is 17.5 Å². The fourth-order valence-electron chi connectivity index (χ4n) is 2.70. The summed E-state index contributed by atoms with van der Waals surface area (Å²) in [6.07, 6.45) is 1.41. The highest BCUT2D eigenvalue weighted by molar-refractivity contribution is 5.93. The van der Waals surface area contributed by atoms with E-state index >= 15 is 0 Å². The highest BCUT2D eigenvalue weighted by atomic mass is 16.5. The molecule has 8 heteroatoms. The van der Waals surface area contributed by atoms with Gasteiger partial charge in [0.2, 0.25) is 0 Å². The van der Waals surface area contributed by atoms with Gasteiger partial charge in [-0.3, -0.25) is 14.7 Å². The van der Waals surface area contributed by atoms with Crippen molar-refractivity contribution in [1.29, 1.82) is 0 Å². The monoisotopic (exact) mass is 331 g/mol. The Morgan fingerprint density at radius 3 is 3.04 bits per heavy atom. The van der Waals surface area contributed by atoms with Crippen molar-refractivity contribution in [2.24, 2.45) is 0 Å². The summed E-state index contributed by atoms with van der Waals surface area (Å²) in [5.74, 6) is 1.07. The normalized spacial score (nSPS) is 17.9. The van der Waals surface area contributed by atoms with Crippen molar-refractivity contribution in [2.75, 3.05) is 19.7 Å². The SMILES string of the molecule is CCCc1nc([C@H]2CN(C(=O)c3ccc(C)[nH]c3=O)CCO2)n[nH]1. The molecule has 24 heavy (non-hydrogen) atoms. The lowest BCUT2D eigenvalue weighted by Gasteiger charge is -2.31. The van der Waals surface area contributed by atoms with Crippen LogP contribution in [0.15, 0.2) is 16.9 Å². The zero-order valence-corrected chi connectivity index (χ0v) is 13.8. The molecule has 0 saturated carbocycles. The van der Waals surface area contributed by atoms with Gasteiger partial charge >= 0.3 is 0 Å². The zero-order valence-electron chi connectivity index (χ0n) is 13.8. The maximum absolute atomic E-state index is 12.6. The number of pyridine rings is 1. The first-order valence-electron chi connectivity index (χ1n) is 8.10. The first-order chi connectivity index (χ1) is 11.6. The number of rotatable bonds is 4. The standard InChI is InChI=1S/C16H21N5O3/c1-3-4-13-18-14(20-19-13)12-9-21(7-8-24-12)16(23)11-6-5-10(2)17-15(11)22/h5-6,12H,3-4,7-9H2,1-2H3,(H,17,22)(H,18,19,20)/t12-/m1/s1. The summed E-state index contributed by atoms with van der Waals surface area (Å²) < 4.78 is 5.70. The van der Waals surface area contributed by atoms with E-state index in [0.717, 1.165) is 24.4 Å². The topological polar surface area (TPSA) is 104 Å². The van der Waals surface area contributed by atoms with E-state index in [-0.39, 0.29) is 23.1 Å². The molecule has 2 aromatic heterocycles. The van der Waals surface area contributed by atoms with Gasteiger partial charge in [0.15, 0.2) is 5.82 Å². The maximum Gasteiger partial charge on any atom is 0.260 e. The van der Waals surface area contributed by atoms with Crippen LogP contribution in [0.1, 0.15) is 47.1 Å². The lowest BCUT2D eigenvalue weighted by molar-refractivity contribution is -0.0267. The lowest BCUT2D eigenvalue weighted by atomic mass is 10.2. The molecule has 3 rings (SSSR count). The second-order valence-electron chi connectivity index (χ2n) is 5.89. The molecule has 0 spiro atoms. The Morgan fingerprint density at radius 2 is 2.29 bits per heavy atom. The molecule has 1 atom stereocenters. The number of carbonyl (C=O) groups is 1. The average Bonchev–Trinajstić information content (AvgIpc) is 3.03. The number of hydrogen-bond acceptors (Lipinski definition) is 5. The Morgan fingerprint density at radius 1 is 1.46 bits per heavy atom. The fourth-order valence-corrected chi connectivity index (χ4v) is 2.70. The number of nitrogens with zero attached hydrogens (tertiary/aromatic N) is 3. The molecule has 0 bridgehead atoms. The van der Waals surface area contributed by atoms with Crippen LogP contribution >= 0.6 is 0 Å². The van der Waals surface area contributed by atoms with E-state index in [1.54, 1.807) is 24.0 Å². The van der Waals surface area contributed by atoms with Gasteiger partial charge in [0, 0.05) is 18.7 Å². The van der Waals surface area contributed by atoms with Gasteiger partial charge in [-0.1, -0.05) is 6.92 Å². The third kappa shape index (κ3) is 3.38. The molecular formula is C16H21N5O3. The Hall–Kier alpha value is -2.48.